The second-order valence-electron chi connectivity index (χ2n) is 5.68. The topological polar surface area (TPSA) is 96.3 Å². The lowest BCUT2D eigenvalue weighted by Crippen LogP contribution is -2.38. The van der Waals surface area contributed by atoms with Crippen molar-refractivity contribution in [3.8, 4) is 0 Å². The third-order valence-electron chi connectivity index (χ3n) is 3.03. The maximum Gasteiger partial charge on any atom is 0.315 e. The summed E-state index contributed by atoms with van der Waals surface area (Å²) in [7, 11) is 1.81. The quantitative estimate of drug-likeness (QED) is 0.675. The van der Waals surface area contributed by atoms with Gasteiger partial charge in [-0.3, -0.25) is 9.48 Å². The van der Waals surface area contributed by atoms with Crippen LogP contribution in [-0.2, 0) is 18.4 Å². The van der Waals surface area contributed by atoms with Gasteiger partial charge in [-0.2, -0.15) is 5.10 Å². The van der Waals surface area contributed by atoms with E-state index >= 15 is 0 Å². The molecule has 2 amide bonds. The number of carboxylic acid groups (broad SMARTS) is 1. The van der Waals surface area contributed by atoms with Gasteiger partial charge in [0.15, 0.2) is 0 Å². The summed E-state index contributed by atoms with van der Waals surface area (Å²) in [5.41, 5.74) is 0.914. The number of urea groups is 1. The first-order valence-corrected chi connectivity index (χ1v) is 7.07. The third kappa shape index (κ3) is 7.34. The number of hydrogen-bond acceptors (Lipinski definition) is 3. The van der Waals surface area contributed by atoms with Crippen molar-refractivity contribution in [1.82, 2.24) is 20.4 Å². The van der Waals surface area contributed by atoms with Gasteiger partial charge in [0.2, 0.25) is 0 Å². The zero-order chi connectivity index (χ0) is 15.8. The van der Waals surface area contributed by atoms with Crippen LogP contribution >= 0.6 is 0 Å². The minimum absolute atomic E-state index is 0.0494. The largest absolute Gasteiger partial charge is 0.481 e. The van der Waals surface area contributed by atoms with Crippen LogP contribution < -0.4 is 10.6 Å². The van der Waals surface area contributed by atoms with Crippen LogP contribution in [0.15, 0.2) is 12.4 Å². The van der Waals surface area contributed by atoms with E-state index in [1.54, 1.807) is 10.9 Å². The zero-order valence-electron chi connectivity index (χ0n) is 12.8. The molecule has 7 heteroatoms. The molecule has 1 heterocycles. The maximum absolute atomic E-state index is 11.7. The van der Waals surface area contributed by atoms with E-state index in [4.69, 9.17) is 5.11 Å². The molecule has 21 heavy (non-hydrogen) atoms. The summed E-state index contributed by atoms with van der Waals surface area (Å²) in [5, 5.41) is 18.3. The van der Waals surface area contributed by atoms with Gasteiger partial charge in [0.05, 0.1) is 6.20 Å². The Hall–Kier alpha value is -2.05. The lowest BCUT2D eigenvalue weighted by atomic mass is 9.94. The van der Waals surface area contributed by atoms with Crippen LogP contribution in [0.1, 0.15) is 32.3 Å². The smallest absolute Gasteiger partial charge is 0.315 e. The minimum atomic E-state index is -0.835. The Kier molecular flexibility index (Phi) is 6.71. The van der Waals surface area contributed by atoms with Crippen molar-refractivity contribution in [2.75, 3.05) is 6.54 Å². The van der Waals surface area contributed by atoms with Gasteiger partial charge in [-0.1, -0.05) is 13.8 Å². The van der Waals surface area contributed by atoms with Crippen molar-refractivity contribution in [2.24, 2.45) is 18.9 Å². The number of hydrogen-bond donors (Lipinski definition) is 3. The van der Waals surface area contributed by atoms with Crippen LogP contribution in [0.2, 0.25) is 0 Å². The molecule has 0 saturated carbocycles. The molecule has 0 bridgehead atoms. The van der Waals surface area contributed by atoms with Crippen molar-refractivity contribution >= 4 is 12.0 Å². The van der Waals surface area contributed by atoms with Crippen molar-refractivity contribution in [1.29, 1.82) is 0 Å². The van der Waals surface area contributed by atoms with Gasteiger partial charge >= 0.3 is 12.0 Å². The fourth-order valence-electron chi connectivity index (χ4n) is 2.20. The average molecular weight is 296 g/mol. The predicted molar refractivity (Wildman–Crippen MR) is 78.6 cm³/mol. The molecule has 0 aromatic carbocycles. The molecule has 0 aliphatic carbocycles. The van der Waals surface area contributed by atoms with Gasteiger partial charge in [-0.15, -0.1) is 0 Å². The lowest BCUT2D eigenvalue weighted by molar-refractivity contribution is -0.138. The number of amides is 2. The first-order chi connectivity index (χ1) is 9.86. The number of carbonyl (C=O) groups excluding carboxylic acids is 1. The maximum atomic E-state index is 11.7. The van der Waals surface area contributed by atoms with Gasteiger partial charge in [-0.05, 0) is 18.3 Å². The Morgan fingerprint density at radius 2 is 2.10 bits per heavy atom. The molecular weight excluding hydrogens is 272 g/mol. The number of carboxylic acids is 1. The number of nitrogens with zero attached hydrogens (tertiary/aromatic N) is 2. The van der Waals surface area contributed by atoms with Gasteiger partial charge in [0, 0.05) is 38.3 Å². The zero-order valence-corrected chi connectivity index (χ0v) is 12.8. The molecule has 0 aliphatic rings. The molecule has 7 nitrogen and oxygen atoms in total. The Labute approximate surface area is 124 Å². The van der Waals surface area contributed by atoms with Crippen LogP contribution in [0.3, 0.4) is 0 Å². The van der Waals surface area contributed by atoms with Crippen molar-refractivity contribution in [3.05, 3.63) is 18.0 Å². The van der Waals surface area contributed by atoms with Crippen LogP contribution in [0, 0.1) is 11.8 Å². The van der Waals surface area contributed by atoms with E-state index in [9.17, 15) is 9.59 Å². The molecule has 0 saturated heterocycles. The molecule has 0 radical (unpaired) electrons. The van der Waals surface area contributed by atoms with E-state index in [1.807, 2.05) is 27.1 Å². The number of aryl methyl sites for hydroxylation is 1. The first-order valence-electron chi connectivity index (χ1n) is 7.07. The Morgan fingerprint density at radius 3 is 2.62 bits per heavy atom. The lowest BCUT2D eigenvalue weighted by Gasteiger charge is -2.17. The Morgan fingerprint density at radius 1 is 1.38 bits per heavy atom. The fraction of sp³-hybridized carbons (Fsp3) is 0.643. The van der Waals surface area contributed by atoms with Gasteiger partial charge in [0.1, 0.15) is 0 Å². The van der Waals surface area contributed by atoms with E-state index in [0.29, 0.717) is 19.0 Å². The second-order valence-corrected chi connectivity index (χ2v) is 5.68. The number of nitrogens with one attached hydrogen (secondary N) is 2. The molecule has 1 atom stereocenters. The van der Waals surface area contributed by atoms with Crippen LogP contribution in [-0.4, -0.2) is 33.4 Å². The van der Waals surface area contributed by atoms with E-state index < -0.39 is 5.97 Å². The fourth-order valence-corrected chi connectivity index (χ4v) is 2.20. The molecule has 1 aromatic heterocycles. The molecule has 118 valence electrons. The van der Waals surface area contributed by atoms with Gasteiger partial charge < -0.3 is 15.7 Å². The predicted octanol–water partition coefficient (Wildman–Crippen LogP) is 1.36. The summed E-state index contributed by atoms with van der Waals surface area (Å²) < 4.78 is 1.67. The summed E-state index contributed by atoms with van der Waals surface area (Å²) in [6.45, 7) is 4.84. The van der Waals surface area contributed by atoms with Gasteiger partial charge in [-0.25, -0.2) is 4.79 Å². The summed E-state index contributed by atoms with van der Waals surface area (Å²) >= 11 is 0. The molecule has 3 N–H and O–H groups in total. The molecule has 0 aliphatic heterocycles. The third-order valence-corrected chi connectivity index (χ3v) is 3.03. The van der Waals surface area contributed by atoms with Crippen molar-refractivity contribution in [3.63, 3.8) is 0 Å². The molecule has 1 unspecified atom stereocenters. The normalized spacial score (nSPS) is 12.2. The molecular formula is C14H24N4O3. The number of aromatic nitrogens is 2. The number of rotatable bonds is 8. The van der Waals surface area contributed by atoms with E-state index in [0.717, 1.165) is 12.0 Å². The van der Waals surface area contributed by atoms with Gasteiger partial charge in [0.25, 0.3) is 0 Å². The standard InChI is InChI=1S/C14H24N4O3/c1-10(2)4-11(5-13(19)20)6-15-14(21)16-7-12-8-17-18(3)9-12/h8-11H,4-7H2,1-3H3,(H,19,20)(H2,15,16,21). The highest BCUT2D eigenvalue weighted by Gasteiger charge is 2.16. The van der Waals surface area contributed by atoms with Crippen LogP contribution in [0.5, 0.6) is 0 Å². The summed E-state index contributed by atoms with van der Waals surface area (Å²) in [6, 6.07) is -0.294. The van der Waals surface area contributed by atoms with E-state index in [-0.39, 0.29) is 18.4 Å². The van der Waals surface area contributed by atoms with Crippen molar-refractivity contribution in [2.45, 2.75) is 33.2 Å². The van der Waals surface area contributed by atoms with Crippen LogP contribution in [0.4, 0.5) is 4.79 Å². The Bertz CT molecular complexity index is 471. The van der Waals surface area contributed by atoms with Crippen LogP contribution in [0.25, 0.3) is 0 Å². The highest BCUT2D eigenvalue weighted by Crippen LogP contribution is 2.14. The first kappa shape index (κ1) is 17.0. The van der Waals surface area contributed by atoms with E-state index in [1.165, 1.54) is 0 Å². The Balaban J connectivity index is 2.33. The summed E-state index contributed by atoms with van der Waals surface area (Å²) in [5.74, 6) is -0.487. The molecule has 1 aromatic rings. The monoisotopic (exact) mass is 296 g/mol. The molecule has 0 fully saturated rings. The number of aliphatic carboxylic acids is 1. The van der Waals surface area contributed by atoms with E-state index in [2.05, 4.69) is 15.7 Å². The number of carbonyl (C=O) groups is 2. The average Bonchev–Trinajstić information content (AvgIpc) is 2.78. The molecule has 0 spiro atoms. The highest BCUT2D eigenvalue weighted by atomic mass is 16.4. The summed E-state index contributed by atoms with van der Waals surface area (Å²) in [6.07, 6.45) is 4.36. The molecule has 1 rings (SSSR count). The second kappa shape index (κ2) is 8.28. The van der Waals surface area contributed by atoms with Crippen molar-refractivity contribution < 1.29 is 14.7 Å². The SMILES string of the molecule is CC(C)CC(CNC(=O)NCc1cnn(C)c1)CC(=O)O. The minimum Gasteiger partial charge on any atom is -0.481 e. The highest BCUT2D eigenvalue weighted by molar-refractivity contribution is 5.74. The summed E-state index contributed by atoms with van der Waals surface area (Å²) in [4.78, 5) is 22.5.